The summed E-state index contributed by atoms with van der Waals surface area (Å²) in [6, 6.07) is 20.1. The van der Waals surface area contributed by atoms with E-state index >= 15 is 0 Å². The lowest BCUT2D eigenvalue weighted by atomic mass is 10.2. The first-order valence-corrected chi connectivity index (χ1v) is 9.81. The predicted molar refractivity (Wildman–Crippen MR) is 112 cm³/mol. The van der Waals surface area contributed by atoms with Gasteiger partial charge in [0.25, 0.3) is 0 Å². The van der Waals surface area contributed by atoms with Gasteiger partial charge in [0.2, 0.25) is 5.91 Å². The molecule has 0 fully saturated rings. The normalized spacial score (nSPS) is 10.8. The minimum Gasteiger partial charge on any atom is -0.508 e. The average Bonchev–Trinajstić information content (AvgIpc) is 2.72. The number of aromatic nitrogens is 2. The maximum atomic E-state index is 13.8. The lowest BCUT2D eigenvalue weighted by Gasteiger charge is -2.09. The first-order chi connectivity index (χ1) is 14.1. The van der Waals surface area contributed by atoms with Crippen LogP contribution in [0.4, 0.5) is 10.1 Å². The molecule has 0 saturated carbocycles. The molecule has 0 aliphatic rings. The molecule has 4 aromatic rings. The van der Waals surface area contributed by atoms with Gasteiger partial charge in [-0.2, -0.15) is 0 Å². The Balaban J connectivity index is 1.61. The molecule has 0 aliphatic carbocycles. The number of phenolic OH excluding ortho intramolecular Hbond substituents is 1. The Morgan fingerprint density at radius 3 is 2.62 bits per heavy atom. The minimum absolute atomic E-state index is 0.0697. The van der Waals surface area contributed by atoms with Crippen LogP contribution in [0.1, 0.15) is 0 Å². The molecular formula is C22H16FN3O2S. The van der Waals surface area contributed by atoms with Crippen LogP contribution in [0.3, 0.4) is 0 Å². The van der Waals surface area contributed by atoms with Crippen molar-refractivity contribution in [3.05, 3.63) is 78.6 Å². The lowest BCUT2D eigenvalue weighted by molar-refractivity contribution is -0.113. The SMILES string of the molecule is O=C(CSc1nc(-c2ccccc2)nc2ccc(F)cc12)Nc1cccc(O)c1. The van der Waals surface area contributed by atoms with Crippen molar-refractivity contribution in [2.75, 3.05) is 11.1 Å². The summed E-state index contributed by atoms with van der Waals surface area (Å²) in [6.07, 6.45) is 0. The smallest absolute Gasteiger partial charge is 0.234 e. The number of phenols is 1. The number of rotatable bonds is 5. The Bertz CT molecular complexity index is 1190. The highest BCUT2D eigenvalue weighted by Gasteiger charge is 2.13. The van der Waals surface area contributed by atoms with Crippen molar-refractivity contribution in [1.29, 1.82) is 0 Å². The molecule has 5 nitrogen and oxygen atoms in total. The van der Waals surface area contributed by atoms with Gasteiger partial charge in [-0.3, -0.25) is 4.79 Å². The largest absolute Gasteiger partial charge is 0.508 e. The van der Waals surface area contributed by atoms with Gasteiger partial charge in [-0.05, 0) is 30.3 Å². The highest BCUT2D eigenvalue weighted by Crippen LogP contribution is 2.29. The van der Waals surface area contributed by atoms with Crippen molar-refractivity contribution >= 4 is 34.3 Å². The third kappa shape index (κ3) is 4.52. The highest BCUT2D eigenvalue weighted by molar-refractivity contribution is 8.00. The summed E-state index contributed by atoms with van der Waals surface area (Å²) >= 11 is 1.21. The summed E-state index contributed by atoms with van der Waals surface area (Å²) in [6.45, 7) is 0. The number of hydrogen-bond acceptors (Lipinski definition) is 5. The molecule has 4 rings (SSSR count). The van der Waals surface area contributed by atoms with Crippen molar-refractivity contribution in [3.8, 4) is 17.1 Å². The number of nitrogens with one attached hydrogen (secondary N) is 1. The number of aromatic hydroxyl groups is 1. The zero-order chi connectivity index (χ0) is 20.2. The van der Waals surface area contributed by atoms with Crippen molar-refractivity contribution < 1.29 is 14.3 Å². The molecule has 29 heavy (non-hydrogen) atoms. The number of carbonyl (C=O) groups is 1. The summed E-state index contributed by atoms with van der Waals surface area (Å²) in [5, 5.41) is 13.3. The molecule has 3 aromatic carbocycles. The fraction of sp³-hybridized carbons (Fsp3) is 0.0455. The van der Waals surface area contributed by atoms with E-state index in [4.69, 9.17) is 0 Å². The van der Waals surface area contributed by atoms with Crippen LogP contribution in [0, 0.1) is 5.82 Å². The van der Waals surface area contributed by atoms with Crippen LogP contribution >= 0.6 is 11.8 Å². The molecule has 1 amide bonds. The van der Waals surface area contributed by atoms with Gasteiger partial charge in [-0.25, -0.2) is 14.4 Å². The zero-order valence-corrected chi connectivity index (χ0v) is 16.0. The second kappa shape index (κ2) is 8.28. The molecule has 1 aromatic heterocycles. The van der Waals surface area contributed by atoms with Gasteiger partial charge in [0.15, 0.2) is 5.82 Å². The van der Waals surface area contributed by atoms with Crippen LogP contribution in [0.5, 0.6) is 5.75 Å². The molecule has 0 spiro atoms. The summed E-state index contributed by atoms with van der Waals surface area (Å²) in [5.74, 6) is 0.0115. The quantitative estimate of drug-likeness (QED) is 0.366. The van der Waals surface area contributed by atoms with Crippen molar-refractivity contribution in [1.82, 2.24) is 9.97 Å². The van der Waals surface area contributed by atoms with Crippen molar-refractivity contribution in [2.24, 2.45) is 0 Å². The van der Waals surface area contributed by atoms with Crippen LogP contribution in [-0.4, -0.2) is 26.7 Å². The van der Waals surface area contributed by atoms with Crippen LogP contribution in [0.2, 0.25) is 0 Å². The Hall–Kier alpha value is -3.45. The van der Waals surface area contributed by atoms with Crippen LogP contribution in [0.15, 0.2) is 77.8 Å². The van der Waals surface area contributed by atoms with Crippen LogP contribution < -0.4 is 5.32 Å². The summed E-state index contributed by atoms with van der Waals surface area (Å²) in [7, 11) is 0. The van der Waals surface area contributed by atoms with E-state index in [9.17, 15) is 14.3 Å². The van der Waals surface area contributed by atoms with Gasteiger partial charge < -0.3 is 10.4 Å². The molecule has 144 valence electrons. The third-order valence-corrected chi connectivity index (χ3v) is 5.12. The Morgan fingerprint density at radius 1 is 1.00 bits per heavy atom. The number of amides is 1. The average molecular weight is 405 g/mol. The molecule has 0 unspecified atom stereocenters. The number of carbonyl (C=O) groups excluding carboxylic acids is 1. The maximum absolute atomic E-state index is 13.8. The zero-order valence-electron chi connectivity index (χ0n) is 15.2. The second-order valence-electron chi connectivity index (χ2n) is 6.27. The summed E-state index contributed by atoms with van der Waals surface area (Å²) in [4.78, 5) is 21.4. The van der Waals surface area contributed by atoms with Gasteiger partial charge >= 0.3 is 0 Å². The van der Waals surface area contributed by atoms with E-state index in [-0.39, 0.29) is 23.2 Å². The molecule has 7 heteroatoms. The number of anilines is 1. The van der Waals surface area contributed by atoms with Gasteiger partial charge in [0.1, 0.15) is 16.6 Å². The highest BCUT2D eigenvalue weighted by atomic mass is 32.2. The minimum atomic E-state index is -0.389. The number of nitrogens with zero attached hydrogens (tertiary/aromatic N) is 2. The molecule has 2 N–H and O–H groups in total. The first kappa shape index (κ1) is 18.9. The van der Waals surface area contributed by atoms with Gasteiger partial charge in [-0.15, -0.1) is 0 Å². The van der Waals surface area contributed by atoms with Crippen LogP contribution in [0.25, 0.3) is 22.3 Å². The number of hydrogen-bond donors (Lipinski definition) is 2. The fourth-order valence-corrected chi connectivity index (χ4v) is 3.62. The lowest BCUT2D eigenvalue weighted by Crippen LogP contribution is -2.14. The monoisotopic (exact) mass is 405 g/mol. The topological polar surface area (TPSA) is 75.1 Å². The summed E-state index contributed by atoms with van der Waals surface area (Å²) < 4.78 is 13.8. The number of thioether (sulfide) groups is 1. The first-order valence-electron chi connectivity index (χ1n) is 8.83. The Morgan fingerprint density at radius 2 is 1.83 bits per heavy atom. The molecule has 0 aliphatic heterocycles. The number of fused-ring (bicyclic) bond motifs is 1. The number of benzene rings is 3. The van der Waals surface area contributed by atoms with Crippen LogP contribution in [-0.2, 0) is 4.79 Å². The molecule has 0 atom stereocenters. The van der Waals surface area contributed by atoms with Gasteiger partial charge in [-0.1, -0.05) is 48.2 Å². The molecule has 1 heterocycles. The molecule has 0 bridgehead atoms. The maximum Gasteiger partial charge on any atom is 0.234 e. The standard InChI is InChI=1S/C22H16FN3O2S/c23-15-9-10-19-18(11-15)22(26-21(25-19)14-5-2-1-3-6-14)29-13-20(28)24-16-7-4-8-17(27)12-16/h1-12,27H,13H2,(H,24,28). The van der Waals surface area contributed by atoms with Gasteiger partial charge in [0, 0.05) is 22.7 Å². The van der Waals surface area contributed by atoms with E-state index in [0.29, 0.717) is 27.4 Å². The van der Waals surface area contributed by atoms with Gasteiger partial charge in [0.05, 0.1) is 11.3 Å². The Kier molecular flexibility index (Phi) is 5.39. The molecule has 0 saturated heterocycles. The van der Waals surface area contributed by atoms with E-state index in [1.54, 1.807) is 18.2 Å². The predicted octanol–water partition coefficient (Wildman–Crippen LogP) is 4.87. The summed E-state index contributed by atoms with van der Waals surface area (Å²) in [5.41, 5.74) is 1.94. The fourth-order valence-electron chi connectivity index (χ4n) is 2.81. The van der Waals surface area contributed by atoms with Crippen molar-refractivity contribution in [3.63, 3.8) is 0 Å². The van der Waals surface area contributed by atoms with E-state index in [1.165, 1.54) is 36.0 Å². The van der Waals surface area contributed by atoms with Crippen molar-refractivity contribution in [2.45, 2.75) is 5.03 Å². The second-order valence-corrected chi connectivity index (χ2v) is 7.23. The van der Waals surface area contributed by atoms with E-state index in [2.05, 4.69) is 15.3 Å². The Labute approximate surface area is 170 Å². The molecule has 0 radical (unpaired) electrons. The van der Waals surface area contributed by atoms with E-state index in [1.807, 2.05) is 30.3 Å². The van der Waals surface area contributed by atoms with E-state index < -0.39 is 0 Å². The third-order valence-electron chi connectivity index (χ3n) is 4.12. The van der Waals surface area contributed by atoms with E-state index in [0.717, 1.165) is 5.56 Å². The molecular weight excluding hydrogens is 389 g/mol. The number of halogens is 1.